The molecule has 1 aromatic heterocycles. The second-order valence-electron chi connectivity index (χ2n) is 5.49. The summed E-state index contributed by atoms with van der Waals surface area (Å²) in [5.74, 6) is 0.444. The molecule has 136 valence electrons. The molecule has 3 aromatic rings. The number of nitrogens with one attached hydrogen (secondary N) is 1. The van der Waals surface area contributed by atoms with Crippen molar-refractivity contribution in [1.82, 2.24) is 0 Å². The Kier molecular flexibility index (Phi) is 6.02. The lowest BCUT2D eigenvalue weighted by Crippen LogP contribution is -2.10. The minimum Gasteiger partial charge on any atom is -0.497 e. The maximum atomic E-state index is 12.0. The number of ether oxygens (including phenoxy) is 2. The van der Waals surface area contributed by atoms with E-state index in [1.807, 2.05) is 35.7 Å². The smallest absolute Gasteiger partial charge is 0.336 e. The number of carbonyl (C=O) groups is 2. The Morgan fingerprint density at radius 1 is 1.00 bits per heavy atom. The first-order chi connectivity index (χ1) is 13.1. The van der Waals surface area contributed by atoms with E-state index < -0.39 is 5.97 Å². The number of hydrogen-bond donors (Lipinski definition) is 1. The van der Waals surface area contributed by atoms with Gasteiger partial charge in [-0.25, -0.2) is 4.79 Å². The molecule has 5 nitrogen and oxygen atoms in total. The van der Waals surface area contributed by atoms with Crippen molar-refractivity contribution in [3.63, 3.8) is 0 Å². The molecule has 6 heteroatoms. The van der Waals surface area contributed by atoms with E-state index in [1.54, 1.807) is 43.5 Å². The molecule has 0 unspecified atom stereocenters. The standard InChI is InChI=1S/C21H17NO4S/c1-25-18-5-2-4-15(14-18)7-12-20(23)26-17-10-8-16(9-11-17)22-21(24)19-6-3-13-27-19/h2-14H,1H3,(H,22,24)/b12-7+. The Morgan fingerprint density at radius 2 is 1.81 bits per heavy atom. The summed E-state index contributed by atoms with van der Waals surface area (Å²) in [6.07, 6.45) is 3.00. The number of thiophene rings is 1. The van der Waals surface area contributed by atoms with Gasteiger partial charge in [0.2, 0.25) is 0 Å². The van der Waals surface area contributed by atoms with Gasteiger partial charge in [0.05, 0.1) is 12.0 Å². The van der Waals surface area contributed by atoms with Crippen LogP contribution in [0, 0.1) is 0 Å². The fraction of sp³-hybridized carbons (Fsp3) is 0.0476. The van der Waals surface area contributed by atoms with E-state index in [2.05, 4.69) is 5.32 Å². The fourth-order valence-corrected chi connectivity index (χ4v) is 2.89. The van der Waals surface area contributed by atoms with Crippen molar-refractivity contribution in [2.45, 2.75) is 0 Å². The Bertz CT molecular complexity index is 947. The number of rotatable bonds is 6. The van der Waals surface area contributed by atoms with Crippen LogP contribution in [0.25, 0.3) is 6.08 Å². The Morgan fingerprint density at radius 3 is 2.52 bits per heavy atom. The van der Waals surface area contributed by atoms with Crippen molar-refractivity contribution >= 4 is 35.0 Å². The molecule has 0 bridgehead atoms. The van der Waals surface area contributed by atoms with Crippen LogP contribution < -0.4 is 14.8 Å². The molecule has 3 rings (SSSR count). The lowest BCUT2D eigenvalue weighted by atomic mass is 10.2. The average molecular weight is 379 g/mol. The highest BCUT2D eigenvalue weighted by atomic mass is 32.1. The molecule has 0 atom stereocenters. The van der Waals surface area contributed by atoms with E-state index in [0.29, 0.717) is 22.1 Å². The molecule has 1 amide bonds. The lowest BCUT2D eigenvalue weighted by Gasteiger charge is -2.05. The first-order valence-corrected chi connectivity index (χ1v) is 9.01. The number of esters is 1. The third-order valence-electron chi connectivity index (χ3n) is 3.58. The summed E-state index contributed by atoms with van der Waals surface area (Å²) >= 11 is 1.37. The second kappa shape index (κ2) is 8.82. The van der Waals surface area contributed by atoms with Gasteiger partial charge < -0.3 is 14.8 Å². The van der Waals surface area contributed by atoms with Crippen LogP contribution >= 0.6 is 11.3 Å². The van der Waals surface area contributed by atoms with Gasteiger partial charge in [-0.15, -0.1) is 11.3 Å². The Labute approximate surface area is 160 Å². The molecule has 0 saturated heterocycles. The maximum absolute atomic E-state index is 12.0. The molecule has 0 aliphatic carbocycles. The summed E-state index contributed by atoms with van der Waals surface area (Å²) in [5.41, 5.74) is 1.46. The molecular formula is C21H17NO4S. The molecule has 27 heavy (non-hydrogen) atoms. The zero-order valence-corrected chi connectivity index (χ0v) is 15.4. The van der Waals surface area contributed by atoms with Gasteiger partial charge in [-0.2, -0.15) is 0 Å². The third kappa shape index (κ3) is 5.29. The van der Waals surface area contributed by atoms with Gasteiger partial charge in [-0.05, 0) is 59.5 Å². The number of anilines is 1. The number of methoxy groups -OCH3 is 1. The molecule has 1 N–H and O–H groups in total. The highest BCUT2D eigenvalue weighted by Gasteiger charge is 2.07. The monoisotopic (exact) mass is 379 g/mol. The van der Waals surface area contributed by atoms with Gasteiger partial charge in [0, 0.05) is 11.8 Å². The Balaban J connectivity index is 1.56. The van der Waals surface area contributed by atoms with Gasteiger partial charge in [0.1, 0.15) is 11.5 Å². The van der Waals surface area contributed by atoms with Crippen LogP contribution in [0.2, 0.25) is 0 Å². The second-order valence-corrected chi connectivity index (χ2v) is 6.43. The van der Waals surface area contributed by atoms with Crippen molar-refractivity contribution in [1.29, 1.82) is 0 Å². The molecule has 0 fully saturated rings. The van der Waals surface area contributed by atoms with Crippen LogP contribution in [-0.2, 0) is 4.79 Å². The van der Waals surface area contributed by atoms with Crippen LogP contribution in [0.4, 0.5) is 5.69 Å². The lowest BCUT2D eigenvalue weighted by molar-refractivity contribution is -0.128. The predicted molar refractivity (Wildman–Crippen MR) is 106 cm³/mol. The highest BCUT2D eigenvalue weighted by Crippen LogP contribution is 2.18. The van der Waals surface area contributed by atoms with Crippen molar-refractivity contribution < 1.29 is 19.1 Å². The Hall–Kier alpha value is -3.38. The normalized spacial score (nSPS) is 10.6. The van der Waals surface area contributed by atoms with Crippen LogP contribution in [0.1, 0.15) is 15.2 Å². The van der Waals surface area contributed by atoms with Gasteiger partial charge in [0.15, 0.2) is 0 Å². The van der Waals surface area contributed by atoms with Crippen molar-refractivity contribution in [2.75, 3.05) is 12.4 Å². The van der Waals surface area contributed by atoms with E-state index in [1.165, 1.54) is 17.4 Å². The third-order valence-corrected chi connectivity index (χ3v) is 4.45. The van der Waals surface area contributed by atoms with E-state index in [9.17, 15) is 9.59 Å². The molecule has 2 aromatic carbocycles. The first kappa shape index (κ1) is 18.4. The van der Waals surface area contributed by atoms with E-state index in [0.717, 1.165) is 5.56 Å². The maximum Gasteiger partial charge on any atom is 0.336 e. The fourth-order valence-electron chi connectivity index (χ4n) is 2.27. The topological polar surface area (TPSA) is 64.6 Å². The van der Waals surface area contributed by atoms with Crippen LogP contribution in [0.5, 0.6) is 11.5 Å². The molecule has 0 saturated carbocycles. The minimum absolute atomic E-state index is 0.170. The number of amides is 1. The van der Waals surface area contributed by atoms with Gasteiger partial charge in [-0.1, -0.05) is 18.2 Å². The summed E-state index contributed by atoms with van der Waals surface area (Å²) in [4.78, 5) is 24.6. The van der Waals surface area contributed by atoms with E-state index in [4.69, 9.17) is 9.47 Å². The summed E-state index contributed by atoms with van der Waals surface area (Å²) in [7, 11) is 1.59. The summed E-state index contributed by atoms with van der Waals surface area (Å²) < 4.78 is 10.4. The van der Waals surface area contributed by atoms with Gasteiger partial charge in [-0.3, -0.25) is 4.79 Å². The first-order valence-electron chi connectivity index (χ1n) is 8.13. The molecule has 0 aliphatic rings. The van der Waals surface area contributed by atoms with Crippen LogP contribution in [0.15, 0.2) is 72.1 Å². The van der Waals surface area contributed by atoms with E-state index >= 15 is 0 Å². The molecule has 0 spiro atoms. The summed E-state index contributed by atoms with van der Waals surface area (Å²) in [6, 6.07) is 17.5. The number of hydrogen-bond acceptors (Lipinski definition) is 5. The average Bonchev–Trinajstić information content (AvgIpc) is 3.23. The SMILES string of the molecule is COc1cccc(/C=C/C(=O)Oc2ccc(NC(=O)c3cccs3)cc2)c1. The summed E-state index contributed by atoms with van der Waals surface area (Å²) in [5, 5.41) is 4.63. The molecular weight excluding hydrogens is 362 g/mol. The number of carbonyl (C=O) groups excluding carboxylic acids is 2. The van der Waals surface area contributed by atoms with Crippen molar-refractivity contribution in [3.05, 3.63) is 82.6 Å². The number of benzene rings is 2. The van der Waals surface area contributed by atoms with Crippen LogP contribution in [0.3, 0.4) is 0 Å². The molecule has 0 radical (unpaired) electrons. The molecule has 1 heterocycles. The highest BCUT2D eigenvalue weighted by molar-refractivity contribution is 7.12. The largest absolute Gasteiger partial charge is 0.497 e. The zero-order chi connectivity index (χ0) is 19.1. The van der Waals surface area contributed by atoms with Crippen LogP contribution in [-0.4, -0.2) is 19.0 Å². The van der Waals surface area contributed by atoms with Crippen molar-refractivity contribution in [3.8, 4) is 11.5 Å². The minimum atomic E-state index is -0.492. The predicted octanol–water partition coefficient (Wildman–Crippen LogP) is 4.63. The quantitative estimate of drug-likeness (QED) is 0.385. The van der Waals surface area contributed by atoms with Crippen molar-refractivity contribution in [2.24, 2.45) is 0 Å². The van der Waals surface area contributed by atoms with E-state index in [-0.39, 0.29) is 5.91 Å². The van der Waals surface area contributed by atoms with Gasteiger partial charge >= 0.3 is 5.97 Å². The summed E-state index contributed by atoms with van der Waals surface area (Å²) in [6.45, 7) is 0. The zero-order valence-electron chi connectivity index (χ0n) is 14.5. The molecule has 0 aliphatic heterocycles. The van der Waals surface area contributed by atoms with Gasteiger partial charge in [0.25, 0.3) is 5.91 Å².